The Morgan fingerprint density at radius 2 is 2.00 bits per heavy atom. The van der Waals surface area contributed by atoms with E-state index in [9.17, 15) is 0 Å². The number of rotatable bonds is 4. The highest BCUT2D eigenvalue weighted by molar-refractivity contribution is 9.10. The van der Waals surface area contributed by atoms with Crippen LogP contribution in [0.25, 0.3) is 0 Å². The highest BCUT2D eigenvalue weighted by atomic mass is 79.9. The predicted molar refractivity (Wildman–Crippen MR) is 57.4 cm³/mol. The van der Waals surface area contributed by atoms with Crippen molar-refractivity contribution >= 4 is 21.6 Å². The average Bonchev–Trinajstić information content (AvgIpc) is 2.09. The zero-order valence-corrected chi connectivity index (χ0v) is 8.47. The summed E-state index contributed by atoms with van der Waals surface area (Å²) in [7, 11) is 0. The quantitative estimate of drug-likeness (QED) is 0.612. The molecule has 1 nitrogen and oxygen atoms in total. The van der Waals surface area contributed by atoms with Crippen molar-refractivity contribution in [3.05, 3.63) is 41.4 Å². The Morgan fingerprint density at radius 3 is 2.58 bits per heavy atom. The molecule has 0 saturated heterocycles. The zero-order valence-electron chi connectivity index (χ0n) is 6.89. The lowest BCUT2D eigenvalue weighted by Gasteiger charge is -2.03. The summed E-state index contributed by atoms with van der Waals surface area (Å²) >= 11 is 3.38. The van der Waals surface area contributed by atoms with Crippen molar-refractivity contribution in [2.24, 2.45) is 0 Å². The Balaban J connectivity index is 2.42. The van der Waals surface area contributed by atoms with Gasteiger partial charge in [-0.25, -0.2) is 0 Å². The van der Waals surface area contributed by atoms with E-state index in [-0.39, 0.29) is 0 Å². The number of hydrogen-bond donors (Lipinski definition) is 1. The molecule has 64 valence electrons. The molecule has 0 spiro atoms. The smallest absolute Gasteiger partial charge is 0.0341 e. The first-order chi connectivity index (χ1) is 5.83. The molecule has 0 bridgehead atoms. The van der Waals surface area contributed by atoms with Gasteiger partial charge in [0.1, 0.15) is 0 Å². The molecule has 1 N–H and O–H groups in total. The summed E-state index contributed by atoms with van der Waals surface area (Å²) in [5, 5.41) is 3.28. The third-order valence-corrected chi connectivity index (χ3v) is 2.05. The summed E-state index contributed by atoms with van der Waals surface area (Å²) in [5.74, 6) is 0. The van der Waals surface area contributed by atoms with Crippen LogP contribution < -0.4 is 5.32 Å². The second-order valence-corrected chi connectivity index (χ2v) is 3.43. The van der Waals surface area contributed by atoms with E-state index in [0.29, 0.717) is 0 Å². The minimum atomic E-state index is 0.950. The van der Waals surface area contributed by atoms with E-state index in [1.165, 1.54) is 0 Å². The molecule has 1 aromatic carbocycles. The maximum atomic E-state index is 3.66. The summed E-state index contributed by atoms with van der Waals surface area (Å²) in [5.41, 5.74) is 1.15. The molecule has 0 amide bonds. The fourth-order valence-electron chi connectivity index (χ4n) is 0.886. The van der Waals surface area contributed by atoms with Crippen molar-refractivity contribution in [3.63, 3.8) is 0 Å². The van der Waals surface area contributed by atoms with Crippen LogP contribution in [0.1, 0.15) is 6.42 Å². The molecule has 0 radical (unpaired) electrons. The molecular weight excluding hydrogens is 214 g/mol. The highest BCUT2D eigenvalue weighted by Gasteiger charge is 1.89. The standard InChI is InChI=1S/C10H12BrN/c1-2-3-8-12-10-6-4-9(11)5-7-10/h2,4-7,12H,1,3,8H2. The van der Waals surface area contributed by atoms with Gasteiger partial charge in [0.15, 0.2) is 0 Å². The molecule has 0 heterocycles. The molecule has 0 atom stereocenters. The molecule has 0 fully saturated rings. The Hall–Kier alpha value is -0.760. The Morgan fingerprint density at radius 1 is 1.33 bits per heavy atom. The van der Waals surface area contributed by atoms with Gasteiger partial charge in [-0.3, -0.25) is 0 Å². The van der Waals surface area contributed by atoms with Crippen LogP contribution in [-0.2, 0) is 0 Å². The highest BCUT2D eigenvalue weighted by Crippen LogP contribution is 2.13. The maximum Gasteiger partial charge on any atom is 0.0341 e. The summed E-state index contributed by atoms with van der Waals surface area (Å²) < 4.78 is 1.11. The average molecular weight is 226 g/mol. The van der Waals surface area contributed by atoms with Gasteiger partial charge in [0, 0.05) is 16.7 Å². The Labute approximate surface area is 81.6 Å². The van der Waals surface area contributed by atoms with E-state index in [1.54, 1.807) is 0 Å². The third-order valence-electron chi connectivity index (χ3n) is 1.52. The lowest BCUT2D eigenvalue weighted by Crippen LogP contribution is -1.99. The molecule has 0 aliphatic rings. The second-order valence-electron chi connectivity index (χ2n) is 2.51. The second kappa shape index (κ2) is 4.99. The van der Waals surface area contributed by atoms with E-state index in [1.807, 2.05) is 30.3 Å². The van der Waals surface area contributed by atoms with Crippen LogP contribution in [0.5, 0.6) is 0 Å². The van der Waals surface area contributed by atoms with E-state index in [4.69, 9.17) is 0 Å². The van der Waals surface area contributed by atoms with Crippen LogP contribution in [0, 0.1) is 0 Å². The molecule has 12 heavy (non-hydrogen) atoms. The van der Waals surface area contributed by atoms with Crippen molar-refractivity contribution in [1.82, 2.24) is 0 Å². The summed E-state index contributed by atoms with van der Waals surface area (Å²) in [6, 6.07) is 8.15. The van der Waals surface area contributed by atoms with Crippen molar-refractivity contribution in [2.45, 2.75) is 6.42 Å². The molecule has 2 heteroatoms. The van der Waals surface area contributed by atoms with Crippen LogP contribution in [0.3, 0.4) is 0 Å². The Bertz CT molecular complexity index is 241. The van der Waals surface area contributed by atoms with Crippen molar-refractivity contribution < 1.29 is 0 Å². The first-order valence-electron chi connectivity index (χ1n) is 3.93. The normalized spacial score (nSPS) is 9.42. The van der Waals surface area contributed by atoms with Crippen LogP contribution in [0.15, 0.2) is 41.4 Å². The van der Waals surface area contributed by atoms with Crippen molar-refractivity contribution in [1.29, 1.82) is 0 Å². The van der Waals surface area contributed by atoms with Crippen molar-refractivity contribution in [3.8, 4) is 0 Å². The monoisotopic (exact) mass is 225 g/mol. The van der Waals surface area contributed by atoms with Crippen LogP contribution in [0.4, 0.5) is 5.69 Å². The maximum absolute atomic E-state index is 3.66. The minimum Gasteiger partial charge on any atom is -0.385 e. The van der Waals surface area contributed by atoms with Crippen LogP contribution >= 0.6 is 15.9 Å². The number of hydrogen-bond acceptors (Lipinski definition) is 1. The van der Waals surface area contributed by atoms with Gasteiger partial charge in [0.2, 0.25) is 0 Å². The van der Waals surface area contributed by atoms with Crippen LogP contribution in [0.2, 0.25) is 0 Å². The number of halogens is 1. The van der Waals surface area contributed by atoms with Gasteiger partial charge in [-0.1, -0.05) is 22.0 Å². The fourth-order valence-corrected chi connectivity index (χ4v) is 1.15. The largest absolute Gasteiger partial charge is 0.385 e. The first-order valence-corrected chi connectivity index (χ1v) is 4.72. The lowest BCUT2D eigenvalue weighted by molar-refractivity contribution is 1.07. The number of nitrogens with one attached hydrogen (secondary N) is 1. The predicted octanol–water partition coefficient (Wildman–Crippen LogP) is 3.44. The van der Waals surface area contributed by atoms with Gasteiger partial charge >= 0.3 is 0 Å². The minimum absolute atomic E-state index is 0.950. The van der Waals surface area contributed by atoms with E-state index in [2.05, 4.69) is 27.8 Å². The molecule has 1 aromatic rings. The molecule has 0 aliphatic heterocycles. The van der Waals surface area contributed by atoms with Gasteiger partial charge in [-0.2, -0.15) is 0 Å². The molecule has 0 aromatic heterocycles. The molecule has 0 unspecified atom stereocenters. The van der Waals surface area contributed by atoms with Gasteiger partial charge < -0.3 is 5.32 Å². The van der Waals surface area contributed by atoms with E-state index < -0.39 is 0 Å². The fraction of sp³-hybridized carbons (Fsp3) is 0.200. The number of benzene rings is 1. The van der Waals surface area contributed by atoms with Gasteiger partial charge in [0.05, 0.1) is 0 Å². The third kappa shape index (κ3) is 3.09. The van der Waals surface area contributed by atoms with Gasteiger partial charge in [0.25, 0.3) is 0 Å². The summed E-state index contributed by atoms with van der Waals surface area (Å²) in [6.45, 7) is 4.61. The molecule has 0 aliphatic carbocycles. The van der Waals surface area contributed by atoms with Gasteiger partial charge in [-0.15, -0.1) is 6.58 Å². The SMILES string of the molecule is C=CCCNc1ccc(Br)cc1. The summed E-state index contributed by atoms with van der Waals surface area (Å²) in [4.78, 5) is 0. The number of anilines is 1. The first kappa shape index (κ1) is 9.33. The molecule has 1 rings (SSSR count). The van der Waals surface area contributed by atoms with Crippen molar-refractivity contribution in [2.75, 3.05) is 11.9 Å². The van der Waals surface area contributed by atoms with Gasteiger partial charge in [-0.05, 0) is 30.7 Å². The van der Waals surface area contributed by atoms with E-state index in [0.717, 1.165) is 23.1 Å². The molecule has 0 saturated carbocycles. The van der Waals surface area contributed by atoms with E-state index >= 15 is 0 Å². The Kier molecular flexibility index (Phi) is 3.88. The lowest BCUT2D eigenvalue weighted by atomic mass is 10.3. The topological polar surface area (TPSA) is 12.0 Å². The van der Waals surface area contributed by atoms with Crippen LogP contribution in [-0.4, -0.2) is 6.54 Å². The molecular formula is C10H12BrN. The zero-order chi connectivity index (χ0) is 8.81. The summed E-state index contributed by atoms with van der Waals surface area (Å²) in [6.07, 6.45) is 2.90.